The van der Waals surface area contributed by atoms with Crippen LogP contribution in [0.3, 0.4) is 0 Å². The third kappa shape index (κ3) is 2.74. The molecule has 0 saturated carbocycles. The van der Waals surface area contributed by atoms with Gasteiger partial charge in [0.1, 0.15) is 19.0 Å². The second kappa shape index (κ2) is 5.84. The van der Waals surface area contributed by atoms with Crippen molar-refractivity contribution in [1.29, 1.82) is 0 Å². The summed E-state index contributed by atoms with van der Waals surface area (Å²) in [7, 11) is 0. The second-order valence-electron chi connectivity index (χ2n) is 4.51. The number of ether oxygens (including phenoxy) is 2. The lowest BCUT2D eigenvalue weighted by Crippen LogP contribution is -2.17. The van der Waals surface area contributed by atoms with E-state index in [4.69, 9.17) is 21.1 Å². The van der Waals surface area contributed by atoms with Gasteiger partial charge in [0.15, 0.2) is 11.5 Å². The van der Waals surface area contributed by atoms with Gasteiger partial charge in [-0.05, 0) is 41.1 Å². The van der Waals surface area contributed by atoms with Crippen molar-refractivity contribution in [2.24, 2.45) is 0 Å². The van der Waals surface area contributed by atoms with Crippen molar-refractivity contribution in [3.63, 3.8) is 0 Å². The maximum Gasteiger partial charge on any atom is 0.264 e. The van der Waals surface area contributed by atoms with Gasteiger partial charge in [0.05, 0.1) is 14.3 Å². The fourth-order valence-corrected chi connectivity index (χ4v) is 3.03. The molecule has 0 amide bonds. The lowest BCUT2D eigenvalue weighted by molar-refractivity contribution is 0.172. The van der Waals surface area contributed by atoms with Crippen LogP contribution in [-0.2, 0) is 6.42 Å². The first kappa shape index (κ1) is 14.6. The zero-order chi connectivity index (χ0) is 15.0. The van der Waals surface area contributed by atoms with Gasteiger partial charge in [0.2, 0.25) is 0 Å². The molecule has 2 heterocycles. The standard InChI is InChI=1S/C14H12ClIN2O3/c1-2-9-11(16)14(19)18-13(17-9)7-5-8(15)12-10(6-7)20-3-4-21-12/h5-6H,2-4H2,1H3,(H,17,18,19). The summed E-state index contributed by atoms with van der Waals surface area (Å²) in [6, 6.07) is 3.50. The molecule has 0 bridgehead atoms. The Morgan fingerprint density at radius 1 is 1.38 bits per heavy atom. The van der Waals surface area contributed by atoms with Crippen LogP contribution in [0.4, 0.5) is 0 Å². The molecule has 0 aliphatic carbocycles. The number of benzene rings is 1. The first-order valence-corrected chi connectivity index (χ1v) is 7.94. The van der Waals surface area contributed by atoms with E-state index in [1.165, 1.54) is 0 Å². The van der Waals surface area contributed by atoms with Crippen molar-refractivity contribution < 1.29 is 9.47 Å². The highest BCUT2D eigenvalue weighted by atomic mass is 127. The highest BCUT2D eigenvalue weighted by Gasteiger charge is 2.18. The number of aromatic amines is 1. The molecule has 1 N–H and O–H groups in total. The van der Waals surface area contributed by atoms with Gasteiger partial charge in [-0.3, -0.25) is 4.79 Å². The maximum absolute atomic E-state index is 12.0. The molecule has 0 fully saturated rings. The zero-order valence-corrected chi connectivity index (χ0v) is 14.1. The number of nitrogens with one attached hydrogen (secondary N) is 1. The maximum atomic E-state index is 12.0. The van der Waals surface area contributed by atoms with Crippen LogP contribution >= 0.6 is 34.2 Å². The lowest BCUT2D eigenvalue weighted by atomic mass is 10.1. The number of halogens is 2. The summed E-state index contributed by atoms with van der Waals surface area (Å²) in [6.07, 6.45) is 0.688. The van der Waals surface area contributed by atoms with Crippen molar-refractivity contribution >= 4 is 34.2 Å². The largest absolute Gasteiger partial charge is 0.486 e. The third-order valence-electron chi connectivity index (χ3n) is 3.14. The number of hydrogen-bond donors (Lipinski definition) is 1. The number of rotatable bonds is 2. The van der Waals surface area contributed by atoms with E-state index in [-0.39, 0.29) is 5.56 Å². The van der Waals surface area contributed by atoms with E-state index in [2.05, 4.69) is 9.97 Å². The smallest absolute Gasteiger partial charge is 0.264 e. The van der Waals surface area contributed by atoms with Crippen LogP contribution in [0.5, 0.6) is 11.5 Å². The molecule has 7 heteroatoms. The number of aromatic nitrogens is 2. The molecule has 1 aromatic carbocycles. The molecule has 0 unspecified atom stereocenters. The van der Waals surface area contributed by atoms with Crippen LogP contribution in [0.25, 0.3) is 11.4 Å². The van der Waals surface area contributed by atoms with E-state index in [9.17, 15) is 4.79 Å². The summed E-state index contributed by atoms with van der Waals surface area (Å²) in [4.78, 5) is 19.2. The number of fused-ring (bicyclic) bond motifs is 1. The van der Waals surface area contributed by atoms with Crippen LogP contribution in [0, 0.1) is 3.57 Å². The zero-order valence-electron chi connectivity index (χ0n) is 11.2. The summed E-state index contributed by atoms with van der Waals surface area (Å²) in [6.45, 7) is 2.92. The predicted octanol–water partition coefficient (Wildman–Crippen LogP) is 3.03. The van der Waals surface area contributed by atoms with Crippen molar-refractivity contribution in [3.8, 4) is 22.9 Å². The minimum atomic E-state index is -0.150. The van der Waals surface area contributed by atoms with Crippen molar-refractivity contribution in [2.75, 3.05) is 13.2 Å². The Balaban J connectivity index is 2.15. The van der Waals surface area contributed by atoms with Crippen molar-refractivity contribution in [2.45, 2.75) is 13.3 Å². The molecule has 2 aromatic rings. The minimum Gasteiger partial charge on any atom is -0.486 e. The fourth-order valence-electron chi connectivity index (χ4n) is 2.12. The van der Waals surface area contributed by atoms with Gasteiger partial charge in [-0.25, -0.2) is 4.98 Å². The van der Waals surface area contributed by atoms with Gasteiger partial charge in [-0.15, -0.1) is 0 Å². The average molecular weight is 419 g/mol. The SMILES string of the molecule is CCc1nc(-c2cc(Cl)c3c(c2)OCCO3)[nH]c(=O)c1I. The molecular formula is C14H12ClIN2O3. The molecule has 0 radical (unpaired) electrons. The van der Waals surface area contributed by atoms with Gasteiger partial charge >= 0.3 is 0 Å². The van der Waals surface area contributed by atoms with E-state index >= 15 is 0 Å². The molecule has 1 aliphatic rings. The Hall–Kier alpha value is -1.28. The van der Waals surface area contributed by atoms with Crippen LogP contribution in [0.1, 0.15) is 12.6 Å². The van der Waals surface area contributed by atoms with Crippen molar-refractivity contribution in [3.05, 3.63) is 36.8 Å². The lowest BCUT2D eigenvalue weighted by Gasteiger charge is -2.20. The van der Waals surface area contributed by atoms with Crippen LogP contribution in [0.15, 0.2) is 16.9 Å². The highest BCUT2D eigenvalue weighted by molar-refractivity contribution is 14.1. The molecule has 1 aromatic heterocycles. The molecule has 0 saturated heterocycles. The normalized spacial score (nSPS) is 13.3. The quantitative estimate of drug-likeness (QED) is 0.762. The Morgan fingerprint density at radius 2 is 2.14 bits per heavy atom. The Labute approximate surface area is 139 Å². The Morgan fingerprint density at radius 3 is 2.90 bits per heavy atom. The number of aryl methyl sites for hydroxylation is 1. The second-order valence-corrected chi connectivity index (χ2v) is 6.00. The van der Waals surface area contributed by atoms with Crippen LogP contribution < -0.4 is 15.0 Å². The molecule has 0 atom stereocenters. The molecule has 5 nitrogen and oxygen atoms in total. The van der Waals surface area contributed by atoms with E-state index in [0.29, 0.717) is 51.1 Å². The Bertz CT molecular complexity index is 761. The average Bonchev–Trinajstić information content (AvgIpc) is 2.50. The van der Waals surface area contributed by atoms with E-state index < -0.39 is 0 Å². The molecule has 0 spiro atoms. The third-order valence-corrected chi connectivity index (χ3v) is 4.53. The number of nitrogens with zero attached hydrogens (tertiary/aromatic N) is 1. The first-order chi connectivity index (χ1) is 10.1. The van der Waals surface area contributed by atoms with E-state index in [1.807, 2.05) is 29.5 Å². The van der Waals surface area contributed by atoms with Gasteiger partial charge in [-0.2, -0.15) is 0 Å². The summed E-state index contributed by atoms with van der Waals surface area (Å²) in [5.74, 6) is 1.59. The monoisotopic (exact) mass is 418 g/mol. The van der Waals surface area contributed by atoms with Crippen LogP contribution in [-0.4, -0.2) is 23.2 Å². The van der Waals surface area contributed by atoms with Gasteiger partial charge in [0, 0.05) is 5.56 Å². The number of H-pyrrole nitrogens is 1. The first-order valence-electron chi connectivity index (χ1n) is 6.48. The van der Waals surface area contributed by atoms with E-state index in [1.54, 1.807) is 12.1 Å². The summed E-state index contributed by atoms with van der Waals surface area (Å²) >= 11 is 8.22. The van der Waals surface area contributed by atoms with Crippen molar-refractivity contribution in [1.82, 2.24) is 9.97 Å². The predicted molar refractivity (Wildman–Crippen MR) is 88.4 cm³/mol. The van der Waals surface area contributed by atoms with E-state index in [0.717, 1.165) is 5.69 Å². The highest BCUT2D eigenvalue weighted by Crippen LogP contribution is 2.40. The molecular weight excluding hydrogens is 407 g/mol. The van der Waals surface area contributed by atoms with Gasteiger partial charge in [0.25, 0.3) is 5.56 Å². The minimum absolute atomic E-state index is 0.150. The molecule has 21 heavy (non-hydrogen) atoms. The van der Waals surface area contributed by atoms with Gasteiger partial charge in [-0.1, -0.05) is 18.5 Å². The summed E-state index contributed by atoms with van der Waals surface area (Å²) < 4.78 is 11.6. The summed E-state index contributed by atoms with van der Waals surface area (Å²) in [5.41, 5.74) is 1.32. The molecule has 3 rings (SSSR count). The topological polar surface area (TPSA) is 64.2 Å². The van der Waals surface area contributed by atoms with Crippen LogP contribution in [0.2, 0.25) is 5.02 Å². The van der Waals surface area contributed by atoms with Gasteiger partial charge < -0.3 is 14.5 Å². The Kier molecular flexibility index (Phi) is 4.08. The molecule has 1 aliphatic heterocycles. The fraction of sp³-hybridized carbons (Fsp3) is 0.286. The number of hydrogen-bond acceptors (Lipinski definition) is 4. The summed E-state index contributed by atoms with van der Waals surface area (Å²) in [5, 5.41) is 0.446. The molecule has 110 valence electrons.